The third-order valence-electron chi connectivity index (χ3n) is 1.80. The Labute approximate surface area is 117 Å². The van der Waals surface area contributed by atoms with E-state index in [9.17, 15) is 0 Å². The molecule has 0 bridgehead atoms. The highest BCUT2D eigenvalue weighted by molar-refractivity contribution is 14.1. The molecule has 0 saturated carbocycles. The molecule has 13 heavy (non-hydrogen) atoms. The summed E-state index contributed by atoms with van der Waals surface area (Å²) in [6.07, 6.45) is 0. The molecule has 0 atom stereocenters. The molecule has 0 fully saturated rings. The van der Waals surface area contributed by atoms with Gasteiger partial charge in [0.15, 0.2) is 0 Å². The number of hydrogen-bond acceptors (Lipinski definition) is 1. The summed E-state index contributed by atoms with van der Waals surface area (Å²) >= 11 is 10.1. The van der Waals surface area contributed by atoms with Crippen LogP contribution in [0.4, 0.5) is 0 Å². The number of alkyl halides is 1. The van der Waals surface area contributed by atoms with Gasteiger partial charge in [-0.1, -0.05) is 15.9 Å². The third-order valence-corrected chi connectivity index (χ3v) is 5.27. The molecule has 0 radical (unpaired) electrons. The minimum atomic E-state index is 0.940. The molecule has 0 N–H and O–H groups in total. The quantitative estimate of drug-likeness (QED) is 0.399. The van der Waals surface area contributed by atoms with Crippen LogP contribution >= 0.6 is 72.4 Å². The van der Waals surface area contributed by atoms with Gasteiger partial charge in [-0.2, -0.15) is 0 Å². The van der Waals surface area contributed by atoms with Crippen molar-refractivity contribution in [3.63, 3.8) is 0 Å². The molecule has 4 heteroatoms. The first-order valence-corrected chi connectivity index (χ1v) is 7.73. The fourth-order valence-corrected chi connectivity index (χ4v) is 4.72. The maximum Gasteiger partial charge on any atom is 0.0666 e. The van der Waals surface area contributed by atoms with Crippen molar-refractivity contribution in [2.24, 2.45) is 0 Å². The van der Waals surface area contributed by atoms with Crippen molar-refractivity contribution in [3.8, 4) is 0 Å². The van der Waals surface area contributed by atoms with Crippen molar-refractivity contribution >= 4 is 82.5 Å². The van der Waals surface area contributed by atoms with Gasteiger partial charge in [0, 0.05) is 13.6 Å². The van der Waals surface area contributed by atoms with Gasteiger partial charge in [-0.15, -0.1) is 11.3 Å². The lowest BCUT2D eigenvalue weighted by Gasteiger charge is -1.99. The minimum absolute atomic E-state index is 0.940. The Balaban J connectivity index is 2.72. The highest BCUT2D eigenvalue weighted by atomic mass is 127. The SMILES string of the molecule is BrCc1cc2sc(I)cc2cc1I. The summed E-state index contributed by atoms with van der Waals surface area (Å²) in [5.41, 5.74) is 1.38. The first-order valence-electron chi connectivity index (χ1n) is 3.64. The van der Waals surface area contributed by atoms with E-state index in [1.54, 1.807) is 0 Å². The number of thiophene rings is 1. The van der Waals surface area contributed by atoms with Crippen molar-refractivity contribution in [2.45, 2.75) is 5.33 Å². The first kappa shape index (κ1) is 10.6. The number of fused-ring (bicyclic) bond motifs is 1. The smallest absolute Gasteiger partial charge is 0.0666 e. The first-order chi connectivity index (χ1) is 6.20. The minimum Gasteiger partial charge on any atom is -0.129 e. The van der Waals surface area contributed by atoms with E-state index in [4.69, 9.17) is 0 Å². The summed E-state index contributed by atoms with van der Waals surface area (Å²) in [6.45, 7) is 0. The summed E-state index contributed by atoms with van der Waals surface area (Å²) in [5, 5.41) is 2.30. The standard InChI is InChI=1S/C9H5BrI2S/c10-4-6-2-8-5(1-7(6)11)3-9(12)13-8/h1-3H,4H2. The zero-order chi connectivity index (χ0) is 9.42. The fraction of sp³-hybridized carbons (Fsp3) is 0.111. The lowest BCUT2D eigenvalue weighted by Crippen LogP contribution is -1.81. The van der Waals surface area contributed by atoms with Crippen LogP contribution in [-0.2, 0) is 5.33 Å². The molecular weight excluding hydrogens is 474 g/mol. The molecule has 0 amide bonds. The molecular formula is C9H5BrI2S. The Morgan fingerprint density at radius 1 is 1.23 bits per heavy atom. The second kappa shape index (κ2) is 4.32. The van der Waals surface area contributed by atoms with E-state index < -0.39 is 0 Å². The van der Waals surface area contributed by atoms with Gasteiger partial charge in [-0.3, -0.25) is 0 Å². The van der Waals surface area contributed by atoms with Crippen LogP contribution in [0.1, 0.15) is 5.56 Å². The van der Waals surface area contributed by atoms with Crippen LogP contribution in [0.25, 0.3) is 10.1 Å². The molecule has 0 aliphatic carbocycles. The molecule has 2 aromatic rings. The zero-order valence-electron chi connectivity index (χ0n) is 6.48. The van der Waals surface area contributed by atoms with E-state index >= 15 is 0 Å². The number of rotatable bonds is 1. The molecule has 0 nitrogen and oxygen atoms in total. The summed E-state index contributed by atoms with van der Waals surface area (Å²) < 4.78 is 4.09. The zero-order valence-corrected chi connectivity index (χ0v) is 13.2. The van der Waals surface area contributed by atoms with Crippen LogP contribution < -0.4 is 0 Å². The maximum atomic E-state index is 3.50. The molecule has 68 valence electrons. The third kappa shape index (κ3) is 2.21. The lowest BCUT2D eigenvalue weighted by atomic mass is 10.2. The van der Waals surface area contributed by atoms with E-state index in [1.165, 1.54) is 22.1 Å². The molecule has 0 unspecified atom stereocenters. The van der Waals surface area contributed by atoms with Gasteiger partial charge in [0.2, 0.25) is 0 Å². The van der Waals surface area contributed by atoms with Crippen LogP contribution in [-0.4, -0.2) is 0 Å². The Hall–Kier alpha value is 1.12. The number of benzene rings is 1. The monoisotopic (exact) mass is 478 g/mol. The summed E-state index contributed by atoms with van der Waals surface area (Å²) in [4.78, 5) is 0. The lowest BCUT2D eigenvalue weighted by molar-refractivity contribution is 1.43. The molecule has 0 saturated heterocycles. The van der Waals surface area contributed by atoms with E-state index in [1.807, 2.05) is 11.3 Å². The van der Waals surface area contributed by atoms with Crippen molar-refractivity contribution in [1.29, 1.82) is 0 Å². The van der Waals surface area contributed by atoms with Crippen LogP contribution in [0.5, 0.6) is 0 Å². The van der Waals surface area contributed by atoms with Crippen molar-refractivity contribution in [1.82, 2.24) is 0 Å². The molecule has 1 aromatic carbocycles. The average molecular weight is 479 g/mol. The van der Waals surface area contributed by atoms with Crippen molar-refractivity contribution in [3.05, 3.63) is 30.2 Å². The second-order valence-corrected chi connectivity index (χ2v) is 7.37. The van der Waals surface area contributed by atoms with Crippen LogP contribution in [0.15, 0.2) is 18.2 Å². The van der Waals surface area contributed by atoms with E-state index in [2.05, 4.69) is 79.3 Å². The summed E-state index contributed by atoms with van der Waals surface area (Å²) in [5.74, 6) is 0. The predicted molar refractivity (Wildman–Crippen MR) is 79.9 cm³/mol. The van der Waals surface area contributed by atoms with E-state index in [0.29, 0.717) is 0 Å². The van der Waals surface area contributed by atoms with Crippen LogP contribution in [0.3, 0.4) is 0 Å². The summed E-state index contributed by atoms with van der Waals surface area (Å²) in [6, 6.07) is 6.77. The average Bonchev–Trinajstić information content (AvgIpc) is 2.42. The maximum absolute atomic E-state index is 3.50. The number of hydrogen-bond donors (Lipinski definition) is 0. The number of halogens is 3. The van der Waals surface area contributed by atoms with Gasteiger partial charge in [-0.05, 0) is 74.3 Å². The molecule has 1 aromatic heterocycles. The Bertz CT molecular complexity index is 450. The van der Waals surface area contributed by atoms with Crippen LogP contribution in [0, 0.1) is 6.45 Å². The Kier molecular flexibility index (Phi) is 3.53. The van der Waals surface area contributed by atoms with E-state index in [-0.39, 0.29) is 0 Å². The molecule has 0 aliphatic rings. The Morgan fingerprint density at radius 3 is 2.69 bits per heavy atom. The molecule has 0 aliphatic heterocycles. The Morgan fingerprint density at radius 2 is 2.00 bits per heavy atom. The van der Waals surface area contributed by atoms with Crippen LogP contribution in [0.2, 0.25) is 0 Å². The van der Waals surface area contributed by atoms with Gasteiger partial charge in [-0.25, -0.2) is 0 Å². The predicted octanol–water partition coefficient (Wildman–Crippen LogP) is 5.01. The van der Waals surface area contributed by atoms with Gasteiger partial charge < -0.3 is 0 Å². The molecule has 0 spiro atoms. The fourth-order valence-electron chi connectivity index (χ4n) is 1.17. The molecule has 2 rings (SSSR count). The highest BCUT2D eigenvalue weighted by Gasteiger charge is 2.04. The normalized spacial score (nSPS) is 11.0. The van der Waals surface area contributed by atoms with Gasteiger partial charge in [0.25, 0.3) is 0 Å². The second-order valence-electron chi connectivity index (χ2n) is 2.67. The summed E-state index contributed by atoms with van der Waals surface area (Å²) in [7, 11) is 0. The topological polar surface area (TPSA) is 0 Å². The van der Waals surface area contributed by atoms with Gasteiger partial charge in [0.1, 0.15) is 0 Å². The van der Waals surface area contributed by atoms with Gasteiger partial charge >= 0.3 is 0 Å². The van der Waals surface area contributed by atoms with Gasteiger partial charge in [0.05, 0.1) is 2.88 Å². The largest absolute Gasteiger partial charge is 0.129 e. The van der Waals surface area contributed by atoms with Crippen molar-refractivity contribution in [2.75, 3.05) is 0 Å². The highest BCUT2D eigenvalue weighted by Crippen LogP contribution is 2.30. The van der Waals surface area contributed by atoms with Crippen molar-refractivity contribution < 1.29 is 0 Å². The molecule has 1 heterocycles. The van der Waals surface area contributed by atoms with E-state index in [0.717, 1.165) is 5.33 Å².